The number of non-ortho nitro benzene ring substituents is 1. The fourth-order valence-electron chi connectivity index (χ4n) is 2.52. The van der Waals surface area contributed by atoms with Crippen molar-refractivity contribution in [3.8, 4) is 5.75 Å². The maximum atomic E-state index is 12.3. The van der Waals surface area contributed by atoms with Gasteiger partial charge in [0.05, 0.1) is 23.3 Å². The van der Waals surface area contributed by atoms with Gasteiger partial charge in [-0.25, -0.2) is 0 Å². The Morgan fingerprint density at radius 1 is 1.15 bits per heavy atom. The lowest BCUT2D eigenvalue weighted by atomic mass is 10.1. The maximum Gasteiger partial charge on any atom is 0.269 e. The molecule has 0 radical (unpaired) electrons. The van der Waals surface area contributed by atoms with Crippen molar-refractivity contribution in [3.63, 3.8) is 0 Å². The van der Waals surface area contributed by atoms with Gasteiger partial charge in [-0.15, -0.1) is 0 Å². The van der Waals surface area contributed by atoms with Gasteiger partial charge in [0, 0.05) is 29.8 Å². The van der Waals surface area contributed by atoms with Gasteiger partial charge in [-0.2, -0.15) is 12.6 Å². The van der Waals surface area contributed by atoms with Crippen molar-refractivity contribution in [2.24, 2.45) is 5.92 Å². The topological polar surface area (TPSA) is 152 Å². The number of hydrazine groups is 1. The number of nitro groups is 1. The molecule has 13 heteroatoms. The number of hydrogen-bond donors (Lipinski definition) is 5. The molecule has 2 rings (SSSR count). The normalized spacial score (nSPS) is 11.9. The number of methoxy groups -OCH3 is 1. The number of ether oxygens (including phenoxy) is 1. The Morgan fingerprint density at radius 2 is 1.79 bits per heavy atom. The van der Waals surface area contributed by atoms with Crippen LogP contribution in [-0.2, 0) is 9.59 Å². The Kier molecular flexibility index (Phi) is 9.57. The predicted octanol–water partition coefficient (Wildman–Crippen LogP) is 1.81. The highest BCUT2D eigenvalue weighted by Crippen LogP contribution is 2.16. The molecule has 0 aliphatic rings. The zero-order valence-corrected chi connectivity index (χ0v) is 19.0. The third kappa shape index (κ3) is 8.05. The van der Waals surface area contributed by atoms with Crippen LogP contribution in [-0.4, -0.2) is 40.6 Å². The number of carbonyl (C=O) groups excluding carboxylic acids is 3. The summed E-state index contributed by atoms with van der Waals surface area (Å²) in [4.78, 5) is 46.1. The van der Waals surface area contributed by atoms with E-state index in [0.717, 1.165) is 0 Å². The lowest BCUT2D eigenvalue weighted by molar-refractivity contribution is -0.384. The zero-order valence-electron chi connectivity index (χ0n) is 17.3. The summed E-state index contributed by atoms with van der Waals surface area (Å²) in [6, 6.07) is 11.8. The van der Waals surface area contributed by atoms with E-state index >= 15 is 0 Å². The summed E-state index contributed by atoms with van der Waals surface area (Å²) in [6.07, 6.45) is 0.257. The van der Waals surface area contributed by atoms with E-state index in [1.165, 1.54) is 31.4 Å². The number of thiocarbonyl (C=S) groups is 1. The Bertz CT molecular complexity index is 1020. The molecular weight excluding hydrogens is 470 g/mol. The molecule has 0 aliphatic carbocycles. The minimum Gasteiger partial charge on any atom is -0.497 e. The van der Waals surface area contributed by atoms with Gasteiger partial charge in [0.1, 0.15) is 12.0 Å². The summed E-state index contributed by atoms with van der Waals surface area (Å²) in [5, 5.41) is 15.1. The second-order valence-electron chi connectivity index (χ2n) is 6.58. The summed E-state index contributed by atoms with van der Waals surface area (Å²) in [7, 11) is 1.51. The van der Waals surface area contributed by atoms with Crippen LogP contribution in [0, 0.1) is 16.0 Å². The van der Waals surface area contributed by atoms with Crippen molar-refractivity contribution < 1.29 is 24.0 Å². The number of nitrogens with zero attached hydrogens (tertiary/aromatic N) is 1. The van der Waals surface area contributed by atoms with Crippen LogP contribution in [0.2, 0.25) is 0 Å². The molecule has 0 saturated heterocycles. The molecule has 0 bridgehead atoms. The molecule has 0 aromatic heterocycles. The van der Waals surface area contributed by atoms with E-state index in [4.69, 9.17) is 17.0 Å². The Morgan fingerprint density at radius 3 is 2.33 bits per heavy atom. The van der Waals surface area contributed by atoms with Crippen LogP contribution in [0.4, 0.5) is 11.4 Å². The second-order valence-corrected chi connectivity index (χ2v) is 7.55. The van der Waals surface area contributed by atoms with Crippen LogP contribution in [0.25, 0.3) is 0 Å². The number of aldehydes is 1. The van der Waals surface area contributed by atoms with Crippen molar-refractivity contribution in [2.75, 3.05) is 12.4 Å². The summed E-state index contributed by atoms with van der Waals surface area (Å²) < 4.78 is 5.03. The van der Waals surface area contributed by atoms with Gasteiger partial charge < -0.3 is 20.2 Å². The first-order valence-corrected chi connectivity index (χ1v) is 10.3. The molecule has 33 heavy (non-hydrogen) atoms. The minimum atomic E-state index is -0.909. The highest BCUT2D eigenvalue weighted by Gasteiger charge is 2.23. The van der Waals surface area contributed by atoms with Crippen molar-refractivity contribution >= 4 is 59.4 Å². The lowest BCUT2D eigenvalue weighted by Gasteiger charge is -2.19. The summed E-state index contributed by atoms with van der Waals surface area (Å²) in [6.45, 7) is 0. The lowest BCUT2D eigenvalue weighted by Crippen LogP contribution is -2.46. The van der Waals surface area contributed by atoms with Crippen molar-refractivity contribution in [2.45, 2.75) is 11.8 Å². The SMILES string of the molecule is COc1ccc(C(=O)NC(S)C(C=O)CC(=O)NNC(=S)Nc2ccc([N+](=O)[O-])cc2)cc1. The standard InChI is InChI=1S/C20H21N5O6S2/c1-31-16-8-2-12(3-9-16)18(28)22-19(32)13(11-26)10-17(27)23-24-20(33)21-14-4-6-15(7-5-14)25(29)30/h2-9,11,13,19,32H,10H2,1H3,(H,22,28)(H,23,27)(H2,21,24,33). The number of nitrogens with one attached hydrogen (secondary N) is 4. The van der Waals surface area contributed by atoms with E-state index in [1.807, 2.05) is 0 Å². The van der Waals surface area contributed by atoms with E-state index in [1.54, 1.807) is 24.3 Å². The molecule has 0 heterocycles. The predicted molar refractivity (Wildman–Crippen MR) is 128 cm³/mol. The van der Waals surface area contributed by atoms with Crippen LogP contribution in [0.5, 0.6) is 5.75 Å². The fraction of sp³-hybridized carbons (Fsp3) is 0.200. The highest BCUT2D eigenvalue weighted by molar-refractivity contribution is 7.81. The number of hydrogen-bond acceptors (Lipinski definition) is 8. The van der Waals surface area contributed by atoms with Gasteiger partial charge in [0.25, 0.3) is 11.6 Å². The van der Waals surface area contributed by atoms with E-state index in [9.17, 15) is 24.5 Å². The molecule has 2 amide bonds. The van der Waals surface area contributed by atoms with Gasteiger partial charge in [-0.3, -0.25) is 30.6 Å². The first-order valence-electron chi connectivity index (χ1n) is 9.42. The molecule has 174 valence electrons. The average molecular weight is 492 g/mol. The molecule has 2 unspecified atom stereocenters. The van der Waals surface area contributed by atoms with Crippen LogP contribution in [0.1, 0.15) is 16.8 Å². The quantitative estimate of drug-likeness (QED) is 0.0883. The number of amides is 2. The maximum absolute atomic E-state index is 12.3. The second kappa shape index (κ2) is 12.4. The molecule has 4 N–H and O–H groups in total. The number of carbonyl (C=O) groups is 3. The summed E-state index contributed by atoms with van der Waals surface area (Å²) >= 11 is 9.27. The van der Waals surface area contributed by atoms with Crippen molar-refractivity contribution in [3.05, 3.63) is 64.2 Å². The van der Waals surface area contributed by atoms with E-state index < -0.39 is 28.0 Å². The highest BCUT2D eigenvalue weighted by atomic mass is 32.1. The van der Waals surface area contributed by atoms with Crippen LogP contribution >= 0.6 is 24.8 Å². The number of benzene rings is 2. The third-order valence-corrected chi connectivity index (χ3v) is 5.00. The van der Waals surface area contributed by atoms with E-state index in [-0.39, 0.29) is 17.2 Å². The molecule has 0 saturated carbocycles. The van der Waals surface area contributed by atoms with Crippen molar-refractivity contribution in [1.29, 1.82) is 0 Å². The molecular formula is C20H21N5O6S2. The Labute approximate surface area is 199 Å². The van der Waals surface area contributed by atoms with Gasteiger partial charge in [-0.1, -0.05) is 0 Å². The molecule has 11 nitrogen and oxygen atoms in total. The number of anilines is 1. The van der Waals surface area contributed by atoms with Gasteiger partial charge in [-0.05, 0) is 48.6 Å². The largest absolute Gasteiger partial charge is 0.497 e. The van der Waals surface area contributed by atoms with Gasteiger partial charge >= 0.3 is 0 Å². The average Bonchev–Trinajstić information content (AvgIpc) is 2.81. The number of nitro benzene ring substituents is 1. The Balaban J connectivity index is 1.81. The summed E-state index contributed by atoms with van der Waals surface area (Å²) in [5.74, 6) is -1.35. The monoisotopic (exact) mass is 491 g/mol. The third-order valence-electron chi connectivity index (χ3n) is 4.28. The smallest absolute Gasteiger partial charge is 0.269 e. The zero-order chi connectivity index (χ0) is 24.4. The van der Waals surface area contributed by atoms with Gasteiger partial charge in [0.15, 0.2) is 5.11 Å². The van der Waals surface area contributed by atoms with Crippen LogP contribution in [0.3, 0.4) is 0 Å². The van der Waals surface area contributed by atoms with E-state index in [2.05, 4.69) is 34.1 Å². The number of thiol groups is 1. The fourth-order valence-corrected chi connectivity index (χ4v) is 2.98. The molecule has 0 spiro atoms. The molecule has 0 fully saturated rings. The molecule has 2 aromatic carbocycles. The minimum absolute atomic E-state index is 0.0232. The van der Waals surface area contributed by atoms with Crippen LogP contribution < -0.4 is 26.2 Å². The first-order chi connectivity index (χ1) is 15.7. The Hall–Kier alpha value is -3.71. The van der Waals surface area contributed by atoms with E-state index in [0.29, 0.717) is 23.3 Å². The van der Waals surface area contributed by atoms with Crippen molar-refractivity contribution in [1.82, 2.24) is 16.2 Å². The first kappa shape index (κ1) is 25.5. The van der Waals surface area contributed by atoms with Gasteiger partial charge in [0.2, 0.25) is 5.91 Å². The summed E-state index contributed by atoms with van der Waals surface area (Å²) in [5.41, 5.74) is 5.52. The number of rotatable bonds is 9. The molecule has 0 aliphatic heterocycles. The van der Waals surface area contributed by atoms with Crippen LogP contribution in [0.15, 0.2) is 48.5 Å². The molecule has 2 atom stereocenters. The molecule has 2 aromatic rings.